The number of nitrogens with one attached hydrogen (secondary N) is 1. The highest BCUT2D eigenvalue weighted by Crippen LogP contribution is 2.26. The average Bonchev–Trinajstić information content (AvgIpc) is 2.39. The molecule has 3 nitrogen and oxygen atoms in total. The lowest BCUT2D eigenvalue weighted by Gasteiger charge is -2.24. The zero-order valence-corrected chi connectivity index (χ0v) is 14.4. The van der Waals surface area contributed by atoms with Crippen LogP contribution in [0.2, 0.25) is 0 Å². The third-order valence-electron chi connectivity index (χ3n) is 3.36. The number of hydrogen-bond donors (Lipinski definition) is 1. The lowest BCUT2D eigenvalue weighted by molar-refractivity contribution is 0.589. The predicted octanol–water partition coefficient (Wildman–Crippen LogP) is 2.68. The minimum absolute atomic E-state index is 0.241. The number of aryl methyl sites for hydroxylation is 1. The molecule has 1 N–H and O–H groups in total. The van der Waals surface area contributed by atoms with Crippen LogP contribution in [-0.2, 0) is 16.3 Å². The van der Waals surface area contributed by atoms with Gasteiger partial charge in [-0.2, -0.15) is 11.8 Å². The summed E-state index contributed by atoms with van der Waals surface area (Å²) in [4.78, 5) is 0. The second-order valence-corrected chi connectivity index (χ2v) is 8.81. The van der Waals surface area contributed by atoms with E-state index in [9.17, 15) is 8.42 Å². The Morgan fingerprint density at radius 1 is 1.25 bits per heavy atom. The molecule has 0 aromatic heterocycles. The van der Waals surface area contributed by atoms with Crippen molar-refractivity contribution in [3.8, 4) is 0 Å². The molecule has 0 radical (unpaired) electrons. The van der Waals surface area contributed by atoms with E-state index in [4.69, 9.17) is 0 Å². The van der Waals surface area contributed by atoms with E-state index in [1.54, 1.807) is 11.8 Å². The van der Waals surface area contributed by atoms with Crippen molar-refractivity contribution in [1.82, 2.24) is 5.32 Å². The van der Waals surface area contributed by atoms with Crippen molar-refractivity contribution in [3.05, 3.63) is 35.4 Å². The first-order chi connectivity index (χ1) is 9.37. The van der Waals surface area contributed by atoms with Gasteiger partial charge in [0.15, 0.2) is 0 Å². The maximum atomic E-state index is 11.2. The maximum absolute atomic E-state index is 11.2. The highest BCUT2D eigenvalue weighted by Gasteiger charge is 2.18. The molecule has 0 heterocycles. The minimum atomic E-state index is -2.87. The second kappa shape index (κ2) is 8.05. The van der Waals surface area contributed by atoms with Crippen molar-refractivity contribution in [2.24, 2.45) is 0 Å². The zero-order chi connectivity index (χ0) is 15.2. The van der Waals surface area contributed by atoms with E-state index in [0.29, 0.717) is 11.0 Å². The number of thioether (sulfide) groups is 1. The van der Waals surface area contributed by atoms with Gasteiger partial charge in [0.25, 0.3) is 0 Å². The Morgan fingerprint density at radius 3 is 2.30 bits per heavy atom. The molecule has 0 bridgehead atoms. The number of sulfone groups is 1. The van der Waals surface area contributed by atoms with Crippen molar-refractivity contribution in [3.63, 3.8) is 0 Å². The fourth-order valence-corrected chi connectivity index (χ4v) is 4.57. The fraction of sp³-hybridized carbons (Fsp3) is 0.600. The molecule has 114 valence electrons. The van der Waals surface area contributed by atoms with Gasteiger partial charge in [-0.1, -0.05) is 38.1 Å². The molecule has 0 aliphatic rings. The summed E-state index contributed by atoms with van der Waals surface area (Å²) in [6.45, 7) is 4.29. The molecule has 1 aromatic carbocycles. The lowest BCUT2D eigenvalue weighted by atomic mass is 10.0. The van der Waals surface area contributed by atoms with E-state index < -0.39 is 9.84 Å². The Bertz CT molecular complexity index is 497. The summed E-state index contributed by atoms with van der Waals surface area (Å²) >= 11 is 1.70. The van der Waals surface area contributed by atoms with E-state index in [1.807, 2.05) is 7.05 Å². The molecule has 2 atom stereocenters. The predicted molar refractivity (Wildman–Crippen MR) is 89.3 cm³/mol. The molecular formula is C15H25NO2S2. The first kappa shape index (κ1) is 17.5. The van der Waals surface area contributed by atoms with Gasteiger partial charge in [-0.25, -0.2) is 8.42 Å². The van der Waals surface area contributed by atoms with Crippen LogP contribution in [-0.4, -0.2) is 38.5 Å². The molecule has 20 heavy (non-hydrogen) atoms. The van der Waals surface area contributed by atoms with Gasteiger partial charge in [0.2, 0.25) is 0 Å². The van der Waals surface area contributed by atoms with Crippen LogP contribution < -0.4 is 5.32 Å². The normalized spacial score (nSPS) is 15.0. The van der Waals surface area contributed by atoms with Gasteiger partial charge in [0, 0.05) is 23.3 Å². The summed E-state index contributed by atoms with van der Waals surface area (Å²) in [7, 11) is -0.917. The maximum Gasteiger partial charge on any atom is 0.148 e. The van der Waals surface area contributed by atoms with Gasteiger partial charge in [0.05, 0.1) is 5.75 Å². The van der Waals surface area contributed by atoms with Crippen LogP contribution in [0.1, 0.15) is 31.0 Å². The standard InChI is InChI=1S/C15H25NO2S2/c1-5-13-6-8-14(9-7-13)15(16-3)12(2)19-10-11-20(4,17)18/h6-9,12,15-16H,5,10-11H2,1-4H3. The molecule has 5 heteroatoms. The quantitative estimate of drug-likeness (QED) is 0.801. The van der Waals surface area contributed by atoms with E-state index in [-0.39, 0.29) is 11.8 Å². The fourth-order valence-electron chi connectivity index (χ4n) is 2.11. The van der Waals surface area contributed by atoms with Gasteiger partial charge in [-0.05, 0) is 24.6 Å². The van der Waals surface area contributed by atoms with Crippen LogP contribution >= 0.6 is 11.8 Å². The topological polar surface area (TPSA) is 46.2 Å². The summed E-state index contributed by atoms with van der Waals surface area (Å²) in [5, 5.41) is 3.66. The third-order valence-corrected chi connectivity index (χ3v) is 5.80. The van der Waals surface area contributed by atoms with Crippen LogP contribution in [0.5, 0.6) is 0 Å². The molecule has 0 spiro atoms. The smallest absolute Gasteiger partial charge is 0.148 e. The van der Waals surface area contributed by atoms with Crippen LogP contribution in [0, 0.1) is 0 Å². The largest absolute Gasteiger partial charge is 0.312 e. The summed E-state index contributed by atoms with van der Waals surface area (Å²) in [6.07, 6.45) is 2.33. The van der Waals surface area contributed by atoms with Crippen LogP contribution in [0.3, 0.4) is 0 Å². The summed E-state index contributed by atoms with van der Waals surface area (Å²) in [5.41, 5.74) is 2.59. The van der Waals surface area contributed by atoms with Crippen molar-refractivity contribution < 1.29 is 8.42 Å². The molecule has 1 rings (SSSR count). The minimum Gasteiger partial charge on any atom is -0.312 e. The Morgan fingerprint density at radius 2 is 1.85 bits per heavy atom. The Balaban J connectivity index is 2.64. The Labute approximate surface area is 127 Å². The van der Waals surface area contributed by atoms with Crippen LogP contribution in [0.4, 0.5) is 0 Å². The highest BCUT2D eigenvalue weighted by molar-refractivity contribution is 8.01. The Kier molecular flexibility index (Phi) is 7.06. The van der Waals surface area contributed by atoms with E-state index in [1.165, 1.54) is 17.4 Å². The molecule has 0 fully saturated rings. The highest BCUT2D eigenvalue weighted by atomic mass is 32.2. The van der Waals surface area contributed by atoms with E-state index in [0.717, 1.165) is 6.42 Å². The van der Waals surface area contributed by atoms with Gasteiger partial charge < -0.3 is 5.32 Å². The van der Waals surface area contributed by atoms with E-state index in [2.05, 4.69) is 43.4 Å². The van der Waals surface area contributed by atoms with Crippen LogP contribution in [0.15, 0.2) is 24.3 Å². The van der Waals surface area contributed by atoms with Gasteiger partial charge in [-0.15, -0.1) is 0 Å². The van der Waals surface area contributed by atoms with Crippen molar-refractivity contribution in [2.45, 2.75) is 31.6 Å². The number of benzene rings is 1. The van der Waals surface area contributed by atoms with Crippen molar-refractivity contribution >= 4 is 21.6 Å². The summed E-state index contributed by atoms with van der Waals surface area (Å²) in [5.74, 6) is 0.887. The first-order valence-electron chi connectivity index (χ1n) is 6.92. The lowest BCUT2D eigenvalue weighted by Crippen LogP contribution is -2.26. The van der Waals surface area contributed by atoms with Gasteiger partial charge in [0.1, 0.15) is 9.84 Å². The molecule has 0 saturated carbocycles. The molecule has 0 saturated heterocycles. The first-order valence-corrected chi connectivity index (χ1v) is 10.0. The second-order valence-electron chi connectivity index (χ2n) is 5.07. The Hall–Kier alpha value is -0.520. The van der Waals surface area contributed by atoms with Crippen molar-refractivity contribution in [2.75, 3.05) is 24.8 Å². The third kappa shape index (κ3) is 5.85. The molecular weight excluding hydrogens is 290 g/mol. The number of rotatable bonds is 8. The average molecular weight is 316 g/mol. The zero-order valence-electron chi connectivity index (χ0n) is 12.7. The molecule has 1 aromatic rings. The van der Waals surface area contributed by atoms with Crippen LogP contribution in [0.25, 0.3) is 0 Å². The van der Waals surface area contributed by atoms with Gasteiger partial charge >= 0.3 is 0 Å². The molecule has 0 aliphatic heterocycles. The number of hydrogen-bond acceptors (Lipinski definition) is 4. The van der Waals surface area contributed by atoms with E-state index >= 15 is 0 Å². The van der Waals surface area contributed by atoms with Gasteiger partial charge in [-0.3, -0.25) is 0 Å². The summed E-state index contributed by atoms with van der Waals surface area (Å²) < 4.78 is 22.3. The molecule has 2 unspecified atom stereocenters. The summed E-state index contributed by atoms with van der Waals surface area (Å²) in [6, 6.07) is 8.88. The SMILES string of the molecule is CCc1ccc(C(NC)C(C)SCCS(C)(=O)=O)cc1. The molecule has 0 amide bonds. The monoisotopic (exact) mass is 315 g/mol. The molecule has 0 aliphatic carbocycles. The van der Waals surface area contributed by atoms with Crippen molar-refractivity contribution in [1.29, 1.82) is 0 Å².